The second-order valence-electron chi connectivity index (χ2n) is 2.35. The van der Waals surface area contributed by atoms with Crippen LogP contribution in [0.15, 0.2) is 0 Å². The highest BCUT2D eigenvalue weighted by molar-refractivity contribution is 7.51. The number of nitrogens with zero attached hydrogens (tertiary/aromatic N) is 2. The van der Waals surface area contributed by atoms with Crippen molar-refractivity contribution in [2.45, 2.75) is 26.4 Å². The number of ether oxygens (including phenoxy) is 1. The topological polar surface area (TPSA) is 58.6 Å². The van der Waals surface area contributed by atoms with Crippen LogP contribution in [0, 0.1) is 4.91 Å². The van der Waals surface area contributed by atoms with Gasteiger partial charge in [-0.05, 0) is 13.3 Å². The Morgan fingerprint density at radius 1 is 1.67 bits per heavy atom. The second kappa shape index (κ2) is 6.10. The van der Waals surface area contributed by atoms with Crippen LogP contribution in [0.1, 0.15) is 20.3 Å². The third-order valence-electron chi connectivity index (χ3n) is 1.46. The summed E-state index contributed by atoms with van der Waals surface area (Å²) in [6.07, 6.45) is 0.782. The summed E-state index contributed by atoms with van der Waals surface area (Å²) in [6, 6.07) is 0. The van der Waals surface area contributed by atoms with Gasteiger partial charge in [-0.2, -0.15) is 5.84 Å². The van der Waals surface area contributed by atoms with Gasteiger partial charge in [0.1, 0.15) is 6.54 Å². The third-order valence-corrected chi connectivity index (χ3v) is 1.67. The van der Waals surface area contributed by atoms with Crippen LogP contribution >= 0.6 is 0 Å². The predicted molar refractivity (Wildman–Crippen MR) is 47.6 cm³/mol. The van der Waals surface area contributed by atoms with E-state index in [4.69, 9.17) is 10.6 Å². The van der Waals surface area contributed by atoms with Crippen LogP contribution in [0.2, 0.25) is 0 Å². The minimum atomic E-state index is -0.0283. The Balaban J connectivity index is 3.76. The molecule has 0 spiro atoms. The maximum Gasteiger partial charge on any atom is 0.120 e. The second-order valence-corrected chi connectivity index (χ2v) is 2.66. The zero-order valence-corrected chi connectivity index (χ0v) is 8.21. The molecule has 0 amide bonds. The molecule has 0 aliphatic carbocycles. The number of rotatable bonds is 6. The number of nitrogens with two attached hydrogens (primary N) is 1. The largest absolute Gasteiger partial charge is 0.376 e. The van der Waals surface area contributed by atoms with Crippen molar-refractivity contribution in [1.82, 2.24) is 5.12 Å². The van der Waals surface area contributed by atoms with Crippen LogP contribution in [-0.4, -0.2) is 28.6 Å². The van der Waals surface area contributed by atoms with Crippen molar-refractivity contribution in [2.75, 3.05) is 13.2 Å². The Morgan fingerprint density at radius 3 is 2.58 bits per heavy atom. The Bertz CT molecular complexity index is 145. The molecule has 72 valence electrons. The monoisotopic (exact) mass is 193 g/mol. The lowest BCUT2D eigenvalue weighted by Crippen LogP contribution is -2.42. The minimum Gasteiger partial charge on any atom is -0.376 e. The molecule has 0 rings (SSSR count). The number of hydrogen-bond donors (Lipinski definition) is 1. The van der Waals surface area contributed by atoms with Crippen molar-refractivity contribution in [2.24, 2.45) is 5.84 Å². The van der Waals surface area contributed by atoms with Gasteiger partial charge in [0.2, 0.25) is 0 Å². The highest BCUT2D eigenvalue weighted by Gasteiger charge is 2.13. The molecular weight excluding hydrogens is 178 g/mol. The van der Waals surface area contributed by atoms with E-state index in [9.17, 15) is 4.91 Å². The maximum atomic E-state index is 10.5. The first kappa shape index (κ1) is 11.5. The number of hydrogen-bond acceptors (Lipinski definition) is 4. The van der Waals surface area contributed by atoms with Crippen LogP contribution in [-0.2, 0) is 17.6 Å². The lowest BCUT2D eigenvalue weighted by Gasteiger charge is -2.17. The molecule has 0 heterocycles. The molecule has 0 saturated carbocycles. The molecule has 0 aromatic carbocycles. The molecule has 0 bridgehead atoms. The molecule has 1 unspecified atom stereocenters. The Hall–Kier alpha value is -0.460. The van der Waals surface area contributed by atoms with Crippen LogP contribution in [0.3, 0.4) is 0 Å². The first-order chi connectivity index (χ1) is 5.61. The molecule has 0 aliphatic heterocycles. The van der Waals surface area contributed by atoms with Gasteiger partial charge in [-0.15, -0.1) is 0 Å². The first-order valence-corrected chi connectivity index (χ1v) is 4.26. The van der Waals surface area contributed by atoms with Gasteiger partial charge in [0.25, 0.3) is 0 Å². The fourth-order valence-electron chi connectivity index (χ4n) is 0.811. The smallest absolute Gasteiger partial charge is 0.120 e. The van der Waals surface area contributed by atoms with Gasteiger partial charge < -0.3 is 17.6 Å². The molecular formula is C6H15N3O2S. The molecule has 12 heavy (non-hydrogen) atoms. The van der Waals surface area contributed by atoms with Crippen LogP contribution < -0.4 is 5.84 Å². The summed E-state index contributed by atoms with van der Waals surface area (Å²) in [5.74, 6) is 5.29. The van der Waals surface area contributed by atoms with Crippen molar-refractivity contribution in [3.05, 3.63) is 4.91 Å². The third kappa shape index (κ3) is 4.42. The van der Waals surface area contributed by atoms with E-state index in [2.05, 4.69) is 12.8 Å². The van der Waals surface area contributed by atoms with Gasteiger partial charge in [-0.3, -0.25) is 0 Å². The summed E-state index contributed by atoms with van der Waals surface area (Å²) in [6.45, 7) is 4.80. The SMILES string of the molecule is CCOC(CC)CN(N)[N+](=O)[S-]. The van der Waals surface area contributed by atoms with Gasteiger partial charge in [0.15, 0.2) is 0 Å². The van der Waals surface area contributed by atoms with Crippen molar-refractivity contribution in [3.63, 3.8) is 0 Å². The predicted octanol–water partition coefficient (Wildman–Crippen LogP) is 0.133. The van der Waals surface area contributed by atoms with E-state index in [0.29, 0.717) is 13.2 Å². The molecule has 0 aromatic rings. The van der Waals surface area contributed by atoms with Gasteiger partial charge in [-0.1, -0.05) is 12.0 Å². The van der Waals surface area contributed by atoms with E-state index in [0.717, 1.165) is 11.5 Å². The summed E-state index contributed by atoms with van der Waals surface area (Å²) >= 11 is 4.28. The van der Waals surface area contributed by atoms with E-state index in [1.165, 1.54) is 0 Å². The van der Waals surface area contributed by atoms with Crippen LogP contribution in [0.4, 0.5) is 0 Å². The van der Waals surface area contributed by atoms with Gasteiger partial charge in [-0.25, -0.2) is 0 Å². The van der Waals surface area contributed by atoms with Gasteiger partial charge in [0.05, 0.1) is 6.10 Å². The number of nitroso groups, excluding NO2 is 1. The van der Waals surface area contributed by atoms with E-state index >= 15 is 0 Å². The summed E-state index contributed by atoms with van der Waals surface area (Å²) in [5, 5.41) is 0.916. The summed E-state index contributed by atoms with van der Waals surface area (Å²) in [7, 11) is 0. The van der Waals surface area contributed by atoms with Crippen LogP contribution in [0.5, 0.6) is 0 Å². The lowest BCUT2D eigenvalue weighted by molar-refractivity contribution is -0.575. The quantitative estimate of drug-likeness (QED) is 0.281. The van der Waals surface area contributed by atoms with E-state index in [-0.39, 0.29) is 10.4 Å². The molecule has 0 aromatic heterocycles. The number of hydrazine groups is 2. The normalized spacial score (nSPS) is 12.6. The molecule has 1 atom stereocenters. The zero-order valence-electron chi connectivity index (χ0n) is 7.40. The summed E-state index contributed by atoms with van der Waals surface area (Å²) < 4.78 is 5.46. The minimum absolute atomic E-state index is 0.0283. The molecule has 0 saturated heterocycles. The molecule has 6 heteroatoms. The zero-order chi connectivity index (χ0) is 9.56. The molecule has 5 nitrogen and oxygen atoms in total. The summed E-state index contributed by atoms with van der Waals surface area (Å²) in [4.78, 5) is 10.5. The Kier molecular flexibility index (Phi) is 5.87. The van der Waals surface area contributed by atoms with E-state index in [1.54, 1.807) is 0 Å². The lowest BCUT2D eigenvalue weighted by atomic mass is 10.3. The molecule has 0 aliphatic rings. The van der Waals surface area contributed by atoms with Crippen molar-refractivity contribution < 1.29 is 9.01 Å². The van der Waals surface area contributed by atoms with Crippen LogP contribution in [0.25, 0.3) is 0 Å². The van der Waals surface area contributed by atoms with Gasteiger partial charge in [0, 0.05) is 15.8 Å². The standard InChI is InChI=1S/C6H15N3O2S/c1-3-6(11-4-2)5-8(7)9(10)12/h6H,3-5,7H2,1-2H3. The van der Waals surface area contributed by atoms with Gasteiger partial charge >= 0.3 is 0 Å². The Labute approximate surface area is 77.9 Å². The maximum absolute atomic E-state index is 10.5. The molecule has 0 fully saturated rings. The van der Waals surface area contributed by atoms with Crippen molar-refractivity contribution in [1.29, 1.82) is 0 Å². The average Bonchev–Trinajstić information content (AvgIpc) is 2.03. The van der Waals surface area contributed by atoms with Crippen molar-refractivity contribution in [3.8, 4) is 0 Å². The van der Waals surface area contributed by atoms with E-state index in [1.807, 2.05) is 13.8 Å². The first-order valence-electron chi connectivity index (χ1n) is 3.89. The van der Waals surface area contributed by atoms with Crippen molar-refractivity contribution >= 4 is 12.8 Å². The Morgan fingerprint density at radius 2 is 2.25 bits per heavy atom. The molecule has 2 N–H and O–H groups in total. The highest BCUT2D eigenvalue weighted by atomic mass is 32.1. The average molecular weight is 193 g/mol. The fraction of sp³-hybridized carbons (Fsp3) is 1.00. The molecule has 0 radical (unpaired) electrons. The highest BCUT2D eigenvalue weighted by Crippen LogP contribution is 1.98. The summed E-state index contributed by atoms with van der Waals surface area (Å²) in [5.41, 5.74) is 0. The van der Waals surface area contributed by atoms with E-state index < -0.39 is 0 Å². The fourth-order valence-corrected chi connectivity index (χ4v) is 0.877.